The van der Waals surface area contributed by atoms with E-state index in [0.717, 1.165) is 5.33 Å². The summed E-state index contributed by atoms with van der Waals surface area (Å²) in [5.74, 6) is 0.275. The third-order valence-corrected chi connectivity index (χ3v) is 4.46. The molecule has 2 nitrogen and oxygen atoms in total. The van der Waals surface area contributed by atoms with Gasteiger partial charge in [0, 0.05) is 28.9 Å². The lowest BCUT2D eigenvalue weighted by Gasteiger charge is -2.17. The van der Waals surface area contributed by atoms with Crippen LogP contribution in [0.1, 0.15) is 6.42 Å². The molecule has 1 aromatic rings. The fraction of sp³-hybridized carbons (Fsp3) is 0.417. The van der Waals surface area contributed by atoms with Crippen LogP contribution in [0.3, 0.4) is 0 Å². The Morgan fingerprint density at radius 2 is 1.95 bits per heavy atom. The smallest absolute Gasteiger partial charge is 0.312 e. The molecule has 1 amide bonds. The van der Waals surface area contributed by atoms with Gasteiger partial charge in [-0.1, -0.05) is 15.9 Å². The summed E-state index contributed by atoms with van der Waals surface area (Å²) >= 11 is 3.19. The van der Waals surface area contributed by atoms with Crippen LogP contribution >= 0.6 is 27.7 Å². The molecule has 1 atom stereocenters. The second-order valence-corrected chi connectivity index (χ2v) is 6.06. The van der Waals surface area contributed by atoms with Gasteiger partial charge in [-0.15, -0.1) is 0 Å². The Bertz CT molecular complexity index is 463. The first-order valence-electron chi connectivity index (χ1n) is 5.61. The van der Waals surface area contributed by atoms with E-state index in [1.54, 1.807) is 17.0 Å². The van der Waals surface area contributed by atoms with Gasteiger partial charge in [-0.2, -0.15) is 13.2 Å². The van der Waals surface area contributed by atoms with E-state index in [1.807, 2.05) is 0 Å². The summed E-state index contributed by atoms with van der Waals surface area (Å²) < 4.78 is 36.6. The van der Waals surface area contributed by atoms with Crippen molar-refractivity contribution >= 4 is 39.3 Å². The SMILES string of the molecule is O=C1CC(CBr)CN1c1ccc(SC(F)(F)F)cc1. The monoisotopic (exact) mass is 353 g/mol. The maximum absolute atomic E-state index is 12.2. The van der Waals surface area contributed by atoms with Crippen molar-refractivity contribution in [2.75, 3.05) is 16.8 Å². The van der Waals surface area contributed by atoms with Crippen molar-refractivity contribution in [3.05, 3.63) is 24.3 Å². The quantitative estimate of drug-likeness (QED) is 0.603. The van der Waals surface area contributed by atoms with Crippen molar-refractivity contribution in [2.45, 2.75) is 16.8 Å². The first kappa shape index (κ1) is 14.7. The molecule has 1 aromatic carbocycles. The first-order chi connectivity index (χ1) is 8.89. The Labute approximate surface area is 121 Å². The molecule has 19 heavy (non-hydrogen) atoms. The number of amides is 1. The fourth-order valence-corrected chi connectivity index (χ4v) is 2.94. The molecule has 0 saturated carbocycles. The molecule has 1 aliphatic rings. The maximum Gasteiger partial charge on any atom is 0.446 e. The van der Waals surface area contributed by atoms with Crippen LogP contribution in [-0.2, 0) is 4.79 Å². The zero-order valence-electron chi connectivity index (χ0n) is 9.78. The Morgan fingerprint density at radius 3 is 2.42 bits per heavy atom. The molecule has 1 aliphatic heterocycles. The molecule has 0 bridgehead atoms. The van der Waals surface area contributed by atoms with Crippen LogP contribution in [0.15, 0.2) is 29.2 Å². The Kier molecular flexibility index (Phi) is 4.45. The third-order valence-electron chi connectivity index (χ3n) is 2.81. The number of carbonyl (C=O) groups excluding carboxylic acids is 1. The third kappa shape index (κ3) is 3.89. The number of alkyl halides is 4. The maximum atomic E-state index is 12.2. The summed E-state index contributed by atoms with van der Waals surface area (Å²) in [6.07, 6.45) is 0.476. The summed E-state index contributed by atoms with van der Waals surface area (Å²) in [5, 5.41) is 0.747. The lowest BCUT2D eigenvalue weighted by Crippen LogP contribution is -2.24. The topological polar surface area (TPSA) is 20.3 Å². The average molecular weight is 354 g/mol. The van der Waals surface area contributed by atoms with Crippen molar-refractivity contribution in [2.24, 2.45) is 5.92 Å². The van der Waals surface area contributed by atoms with Gasteiger partial charge in [-0.25, -0.2) is 0 Å². The van der Waals surface area contributed by atoms with Crippen molar-refractivity contribution in [1.82, 2.24) is 0 Å². The van der Waals surface area contributed by atoms with Gasteiger partial charge < -0.3 is 4.90 Å². The Hall–Kier alpha value is -0.690. The van der Waals surface area contributed by atoms with E-state index < -0.39 is 5.51 Å². The molecular weight excluding hydrogens is 343 g/mol. The summed E-state index contributed by atoms with van der Waals surface area (Å²) in [6.45, 7) is 0.607. The van der Waals surface area contributed by atoms with Gasteiger partial charge in [0.05, 0.1) is 0 Å². The standard InChI is InChI=1S/C12H11BrF3NOS/c13-6-8-5-11(18)17(7-8)9-1-3-10(4-2-9)19-12(14,15)16/h1-4,8H,5-7H2. The van der Waals surface area contributed by atoms with Gasteiger partial charge in [-0.3, -0.25) is 4.79 Å². The number of hydrogen-bond acceptors (Lipinski definition) is 2. The summed E-state index contributed by atoms with van der Waals surface area (Å²) in [6, 6.07) is 5.90. The number of benzene rings is 1. The molecule has 1 fully saturated rings. The highest BCUT2D eigenvalue weighted by atomic mass is 79.9. The van der Waals surface area contributed by atoms with Gasteiger partial charge in [-0.05, 0) is 41.9 Å². The Morgan fingerprint density at radius 1 is 1.32 bits per heavy atom. The van der Waals surface area contributed by atoms with E-state index in [2.05, 4.69) is 15.9 Å². The normalized spacial score (nSPS) is 20.1. The number of anilines is 1. The van der Waals surface area contributed by atoms with Crippen LogP contribution in [0.25, 0.3) is 0 Å². The first-order valence-corrected chi connectivity index (χ1v) is 7.55. The van der Waals surface area contributed by atoms with Gasteiger partial charge >= 0.3 is 5.51 Å². The predicted octanol–water partition coefficient (Wildman–Crippen LogP) is 4.05. The van der Waals surface area contributed by atoms with Crippen LogP contribution < -0.4 is 4.90 Å². The van der Waals surface area contributed by atoms with Crippen LogP contribution in [-0.4, -0.2) is 23.3 Å². The van der Waals surface area contributed by atoms with Crippen LogP contribution in [0, 0.1) is 5.92 Å². The highest BCUT2D eigenvalue weighted by Gasteiger charge is 2.31. The summed E-state index contributed by atoms with van der Waals surface area (Å²) in [5.41, 5.74) is -3.63. The number of halogens is 4. The minimum absolute atomic E-state index is 0.0145. The zero-order valence-corrected chi connectivity index (χ0v) is 12.2. The van der Waals surface area contributed by atoms with Crippen molar-refractivity contribution in [3.8, 4) is 0 Å². The second kappa shape index (κ2) is 5.75. The van der Waals surface area contributed by atoms with Crippen LogP contribution in [0.4, 0.5) is 18.9 Å². The molecule has 1 saturated heterocycles. The van der Waals surface area contributed by atoms with Gasteiger partial charge in [0.2, 0.25) is 5.91 Å². The zero-order chi connectivity index (χ0) is 14.0. The van der Waals surface area contributed by atoms with Crippen molar-refractivity contribution in [1.29, 1.82) is 0 Å². The fourth-order valence-electron chi connectivity index (χ4n) is 1.96. The lowest BCUT2D eigenvalue weighted by atomic mass is 10.2. The molecule has 1 heterocycles. The molecule has 0 spiro atoms. The molecule has 104 valence electrons. The molecule has 0 aromatic heterocycles. The van der Waals surface area contributed by atoms with E-state index in [1.165, 1.54) is 12.1 Å². The van der Waals surface area contributed by atoms with E-state index in [0.29, 0.717) is 18.7 Å². The van der Waals surface area contributed by atoms with Gasteiger partial charge in [0.15, 0.2) is 0 Å². The Balaban J connectivity index is 2.08. The van der Waals surface area contributed by atoms with Crippen molar-refractivity contribution < 1.29 is 18.0 Å². The van der Waals surface area contributed by atoms with Crippen LogP contribution in [0.2, 0.25) is 0 Å². The average Bonchev–Trinajstić information content (AvgIpc) is 2.70. The summed E-state index contributed by atoms with van der Waals surface area (Å²) in [7, 11) is 0. The minimum atomic E-state index is -4.29. The second-order valence-electron chi connectivity index (χ2n) is 4.27. The molecule has 7 heteroatoms. The number of rotatable bonds is 3. The van der Waals surface area contributed by atoms with Gasteiger partial charge in [0.25, 0.3) is 0 Å². The van der Waals surface area contributed by atoms with Crippen LogP contribution in [0.5, 0.6) is 0 Å². The summed E-state index contributed by atoms with van der Waals surface area (Å²) in [4.78, 5) is 13.5. The molecule has 0 N–H and O–H groups in total. The predicted molar refractivity (Wildman–Crippen MR) is 72.6 cm³/mol. The largest absolute Gasteiger partial charge is 0.446 e. The van der Waals surface area contributed by atoms with E-state index in [4.69, 9.17) is 0 Å². The van der Waals surface area contributed by atoms with E-state index >= 15 is 0 Å². The molecule has 2 rings (SSSR count). The molecule has 0 radical (unpaired) electrons. The molecular formula is C12H11BrF3NOS. The molecule has 1 unspecified atom stereocenters. The minimum Gasteiger partial charge on any atom is -0.312 e. The number of thioether (sulfide) groups is 1. The van der Waals surface area contributed by atoms with E-state index in [9.17, 15) is 18.0 Å². The number of hydrogen-bond donors (Lipinski definition) is 0. The molecule has 0 aliphatic carbocycles. The van der Waals surface area contributed by atoms with E-state index in [-0.39, 0.29) is 28.5 Å². The lowest BCUT2D eigenvalue weighted by molar-refractivity contribution is -0.117. The highest BCUT2D eigenvalue weighted by molar-refractivity contribution is 9.09. The van der Waals surface area contributed by atoms with Gasteiger partial charge in [0.1, 0.15) is 0 Å². The van der Waals surface area contributed by atoms with Crippen molar-refractivity contribution in [3.63, 3.8) is 0 Å². The number of nitrogens with zero attached hydrogens (tertiary/aromatic N) is 1. The number of carbonyl (C=O) groups is 1. The highest BCUT2D eigenvalue weighted by Crippen LogP contribution is 2.37.